The predicted molar refractivity (Wildman–Crippen MR) is 203 cm³/mol. The highest BCUT2D eigenvalue weighted by molar-refractivity contribution is 6.43. The van der Waals surface area contributed by atoms with Crippen molar-refractivity contribution in [3.05, 3.63) is 69.7 Å². The van der Waals surface area contributed by atoms with Crippen LogP contribution in [0.3, 0.4) is 0 Å². The highest BCUT2D eigenvalue weighted by Crippen LogP contribution is 2.55. The number of aliphatic hydroxyl groups is 1. The zero-order valence-electron chi connectivity index (χ0n) is 30.3. The number of aromatic nitrogens is 2. The highest BCUT2D eigenvalue weighted by atomic mass is 35.5. The Morgan fingerprint density at radius 3 is 2.57 bits per heavy atom. The van der Waals surface area contributed by atoms with Crippen molar-refractivity contribution in [1.29, 1.82) is 5.26 Å². The van der Waals surface area contributed by atoms with E-state index < -0.39 is 23.6 Å². The lowest BCUT2D eigenvalue weighted by Gasteiger charge is -2.40. The summed E-state index contributed by atoms with van der Waals surface area (Å²) in [4.78, 5) is 35.9. The maximum absolute atomic E-state index is 17.4. The number of hydrogen-bond acceptors (Lipinski definition) is 6. The Morgan fingerprint density at radius 1 is 1.13 bits per heavy atom. The van der Waals surface area contributed by atoms with E-state index in [9.17, 15) is 20.0 Å². The number of ether oxygens (including phenoxy) is 1. The monoisotopic (exact) mass is 757 g/mol. The van der Waals surface area contributed by atoms with Gasteiger partial charge in [-0.15, -0.1) is 0 Å². The number of nitrogens with zero attached hydrogens (tertiary/aromatic N) is 5. The van der Waals surface area contributed by atoms with Crippen LogP contribution in [-0.4, -0.2) is 67.3 Å². The molecule has 5 fully saturated rings. The molecule has 3 aliphatic heterocycles. The lowest BCUT2D eigenvalue weighted by atomic mass is 9.79. The first-order valence-corrected chi connectivity index (χ1v) is 19.1. The van der Waals surface area contributed by atoms with Gasteiger partial charge in [0.15, 0.2) is 5.82 Å². The minimum Gasteiger partial charge on any atom is -0.444 e. The first-order chi connectivity index (χ1) is 25.2. The molecule has 2 aromatic heterocycles. The van der Waals surface area contributed by atoms with Crippen LogP contribution >= 0.6 is 23.2 Å². The highest BCUT2D eigenvalue weighted by Gasteiger charge is 2.57. The van der Waals surface area contributed by atoms with Gasteiger partial charge in [0.2, 0.25) is 5.91 Å². The summed E-state index contributed by atoms with van der Waals surface area (Å²) in [5.74, 6) is -0.534. The van der Waals surface area contributed by atoms with Crippen LogP contribution in [0.25, 0.3) is 38.5 Å². The van der Waals surface area contributed by atoms with Gasteiger partial charge < -0.3 is 24.2 Å². The smallest absolute Gasteiger partial charge is 0.410 e. The third-order valence-electron chi connectivity index (χ3n) is 11.3. The van der Waals surface area contributed by atoms with Gasteiger partial charge in [0.05, 0.1) is 51.6 Å². The predicted octanol–water partition coefficient (Wildman–Crippen LogP) is 9.02. The van der Waals surface area contributed by atoms with Crippen molar-refractivity contribution < 1.29 is 23.8 Å². The summed E-state index contributed by atoms with van der Waals surface area (Å²) < 4.78 is 25.5. The van der Waals surface area contributed by atoms with Gasteiger partial charge in [-0.2, -0.15) is 5.26 Å². The number of rotatable bonds is 7. The molecule has 2 bridgehead atoms. The number of amides is 2. The molecule has 2 aromatic carbocycles. The van der Waals surface area contributed by atoms with Crippen LogP contribution in [0.15, 0.2) is 36.9 Å². The van der Waals surface area contributed by atoms with Crippen molar-refractivity contribution in [3.8, 4) is 17.2 Å². The average Bonchev–Trinajstić information content (AvgIpc) is 3.38. The van der Waals surface area contributed by atoms with Crippen LogP contribution < -0.4 is 0 Å². The quantitative estimate of drug-likeness (QED) is 0.201. The number of halogens is 3. The van der Waals surface area contributed by atoms with Crippen molar-refractivity contribution >= 4 is 62.6 Å². The number of carbonyl (C=O) groups excluding carboxylic acids is 2. The van der Waals surface area contributed by atoms with Crippen molar-refractivity contribution in [1.82, 2.24) is 19.4 Å². The summed E-state index contributed by atoms with van der Waals surface area (Å²) >= 11 is 13.1. The van der Waals surface area contributed by atoms with Crippen LogP contribution in [0.2, 0.25) is 10.0 Å². The number of likely N-dealkylation sites (tertiary alicyclic amines) is 1. The van der Waals surface area contributed by atoms with Crippen LogP contribution in [0.4, 0.5) is 9.18 Å². The zero-order chi connectivity index (χ0) is 37.7. The number of hydrogen-bond donors (Lipinski definition) is 1. The van der Waals surface area contributed by atoms with E-state index >= 15 is 4.39 Å². The second-order valence-electron chi connectivity index (χ2n) is 16.2. The Balaban J connectivity index is 1.42. The van der Waals surface area contributed by atoms with E-state index in [4.69, 9.17) is 32.9 Å². The first-order valence-electron chi connectivity index (χ1n) is 18.3. The molecule has 12 heteroatoms. The maximum atomic E-state index is 17.4. The number of aryl methyl sites for hydroxylation is 1. The number of fused-ring (bicyclic) bond motifs is 4. The number of allylic oxidation sites excluding steroid dienone is 1. The summed E-state index contributed by atoms with van der Waals surface area (Å²) in [5.41, 5.74) is 3.32. The van der Waals surface area contributed by atoms with Crippen LogP contribution in [0, 0.1) is 29.0 Å². The summed E-state index contributed by atoms with van der Waals surface area (Å²) in [5, 5.41) is 22.5. The van der Waals surface area contributed by atoms with E-state index in [1.165, 1.54) is 0 Å². The summed E-state index contributed by atoms with van der Waals surface area (Å²) in [6, 6.07) is 10.3. The topological polar surface area (TPSA) is 112 Å². The fourth-order valence-corrected chi connectivity index (χ4v) is 9.23. The average molecular weight is 759 g/mol. The van der Waals surface area contributed by atoms with Gasteiger partial charge in [0.25, 0.3) is 0 Å². The Labute approximate surface area is 317 Å². The molecule has 0 radical (unpaired) electrons. The lowest BCUT2D eigenvalue weighted by Crippen LogP contribution is -2.45. The molecular formula is C41H42Cl2FN5O4. The van der Waals surface area contributed by atoms with Gasteiger partial charge in [-0.1, -0.05) is 41.9 Å². The summed E-state index contributed by atoms with van der Waals surface area (Å²) in [6.07, 6.45) is 2.08. The van der Waals surface area contributed by atoms with E-state index in [2.05, 4.69) is 17.2 Å². The molecule has 9 nitrogen and oxygen atoms in total. The van der Waals surface area contributed by atoms with Gasteiger partial charge >= 0.3 is 6.09 Å². The molecule has 2 aliphatic carbocycles. The van der Waals surface area contributed by atoms with Gasteiger partial charge in [0.1, 0.15) is 11.1 Å². The van der Waals surface area contributed by atoms with Crippen LogP contribution in [0.1, 0.15) is 88.8 Å². The third kappa shape index (κ3) is 5.96. The normalized spacial score (nSPS) is 23.8. The van der Waals surface area contributed by atoms with Crippen molar-refractivity contribution in [3.63, 3.8) is 0 Å². The molecule has 53 heavy (non-hydrogen) atoms. The molecule has 4 aromatic rings. The molecule has 2 saturated carbocycles. The standard InChI is InChI=1S/C41H42Cl2FN5O4/c1-20(2)35-27-17-30(29-16-24(50)19-47(29)39(51)21-11-12-21)49(37-23-15-31(37)48(18-23)40(52)53-41(3,4)5)38(27)26-14-22(8-7-13-45)32(34(44)36(26)46-35)25-9-6-10-28(42)33(25)43/h6,9-10,14,17,21,23-24,29,31,37,50H,1,7-8,11-12,15-16,18-19H2,2-5H3/t23-,24+,29-,31-,37+/m1/s1. The Kier molecular flexibility index (Phi) is 8.79. The molecule has 5 heterocycles. The Bertz CT molecular complexity index is 2270. The van der Waals surface area contributed by atoms with Gasteiger partial charge in [-0.25, -0.2) is 14.2 Å². The van der Waals surface area contributed by atoms with E-state index in [0.717, 1.165) is 35.9 Å². The number of carbonyl (C=O) groups is 2. The minimum absolute atomic E-state index is 0.0336. The minimum atomic E-state index is -0.707. The fraction of sp³-hybridized carbons (Fsp3) is 0.463. The van der Waals surface area contributed by atoms with Gasteiger partial charge in [-0.3, -0.25) is 4.79 Å². The molecule has 5 atom stereocenters. The second kappa shape index (κ2) is 13.0. The molecule has 0 spiro atoms. The third-order valence-corrected chi connectivity index (χ3v) is 12.1. The Hall–Kier alpha value is -4.17. The van der Waals surface area contributed by atoms with E-state index in [1.807, 2.05) is 44.7 Å². The molecular weight excluding hydrogens is 716 g/mol. The van der Waals surface area contributed by atoms with Crippen LogP contribution in [0.5, 0.6) is 0 Å². The zero-order valence-corrected chi connectivity index (χ0v) is 31.8. The van der Waals surface area contributed by atoms with Crippen molar-refractivity contribution in [2.75, 3.05) is 13.1 Å². The van der Waals surface area contributed by atoms with Crippen molar-refractivity contribution in [2.24, 2.45) is 11.8 Å². The number of β-amino-alcohol motifs (C(OH)–C–C–N with tert-alkyl or cyclic N) is 1. The Morgan fingerprint density at radius 2 is 1.89 bits per heavy atom. The first kappa shape index (κ1) is 35.8. The summed E-state index contributed by atoms with van der Waals surface area (Å²) in [7, 11) is 0. The number of pyridine rings is 1. The number of nitriles is 1. The molecule has 5 aliphatic rings. The van der Waals surface area contributed by atoms with E-state index in [1.54, 1.807) is 23.1 Å². The molecule has 1 N–H and O–H groups in total. The van der Waals surface area contributed by atoms with Gasteiger partial charge in [-0.05, 0) is 82.7 Å². The molecule has 2 amide bonds. The molecule has 0 unspecified atom stereocenters. The molecule has 9 rings (SSSR count). The number of aliphatic hydroxyl groups excluding tert-OH is 1. The van der Waals surface area contributed by atoms with Crippen LogP contribution in [-0.2, 0) is 16.0 Å². The van der Waals surface area contributed by atoms with E-state index in [-0.39, 0.29) is 76.4 Å². The van der Waals surface area contributed by atoms with Crippen molar-refractivity contribution in [2.45, 2.75) is 96.1 Å². The fourth-order valence-electron chi connectivity index (χ4n) is 8.84. The van der Waals surface area contributed by atoms with E-state index in [0.29, 0.717) is 40.7 Å². The molecule has 276 valence electrons. The lowest BCUT2D eigenvalue weighted by molar-refractivity contribution is -0.133. The largest absolute Gasteiger partial charge is 0.444 e. The molecule has 3 saturated heterocycles. The van der Waals surface area contributed by atoms with Gasteiger partial charge in [0, 0.05) is 65.4 Å². The SMILES string of the molecule is C=C(C)c1nc2c(F)c(-c3cccc(Cl)c3Cl)c(CCC#N)cc2c2c1cc([C@H]1C[C@H](O)CN1C(=O)C1CC1)n2[C@H]1[C@@H]2C[C@H]1N(C(=O)OC(C)(C)C)C2. The number of benzene rings is 2. The maximum Gasteiger partial charge on any atom is 0.410 e. The second-order valence-corrected chi connectivity index (χ2v) is 17.0. The summed E-state index contributed by atoms with van der Waals surface area (Å²) in [6.45, 7) is 12.3.